The third-order valence-corrected chi connectivity index (χ3v) is 9.03. The van der Waals surface area contributed by atoms with Crippen molar-refractivity contribution in [2.45, 2.75) is 36.0 Å². The van der Waals surface area contributed by atoms with Gasteiger partial charge in [-0.05, 0) is 66.1 Å². The van der Waals surface area contributed by atoms with Gasteiger partial charge in [0.15, 0.2) is 0 Å². The highest BCUT2D eigenvalue weighted by Crippen LogP contribution is 2.67. The van der Waals surface area contributed by atoms with Crippen molar-refractivity contribution in [3.63, 3.8) is 0 Å². The molecule has 0 amide bonds. The van der Waals surface area contributed by atoms with E-state index in [0.717, 1.165) is 19.6 Å². The molecule has 0 aromatic heterocycles. The van der Waals surface area contributed by atoms with Gasteiger partial charge < -0.3 is 10.2 Å². The maximum absolute atomic E-state index is 4.09. The van der Waals surface area contributed by atoms with Crippen molar-refractivity contribution < 1.29 is 0 Å². The Balaban J connectivity index is 1.68. The number of likely N-dealkylation sites (N-methyl/N-ethyl adjacent to an activating group) is 2. The monoisotopic (exact) mass is 464 g/mol. The number of fused-ring (bicyclic) bond motifs is 7. The van der Waals surface area contributed by atoms with Crippen LogP contribution in [-0.2, 0) is 10.8 Å². The lowest BCUT2D eigenvalue weighted by molar-refractivity contribution is 0.135. The Labute approximate surface area is 187 Å². The maximum atomic E-state index is 4.09. The summed E-state index contributed by atoms with van der Waals surface area (Å²) in [5.74, 6) is 0. The molecule has 4 heterocycles. The molecule has 0 spiro atoms. The summed E-state index contributed by atoms with van der Waals surface area (Å²) in [5.41, 5.74) is 5.76. The number of anilines is 2. The first-order valence-electron chi connectivity index (χ1n) is 11.0. The van der Waals surface area contributed by atoms with Crippen molar-refractivity contribution in [3.8, 4) is 0 Å². The summed E-state index contributed by atoms with van der Waals surface area (Å²) in [5, 5.41) is 3.95. The first-order chi connectivity index (χ1) is 14.6. The normalized spacial score (nSPS) is 34.4. The highest BCUT2D eigenvalue weighted by molar-refractivity contribution is 9.10. The third kappa shape index (κ3) is 2.00. The van der Waals surface area contributed by atoms with Crippen LogP contribution in [0.3, 0.4) is 0 Å². The summed E-state index contributed by atoms with van der Waals surface area (Å²) in [6.45, 7) is 7.21. The predicted octanol–water partition coefficient (Wildman–Crippen LogP) is 4.38. The second-order valence-corrected chi connectivity index (χ2v) is 10.3. The molecule has 4 atom stereocenters. The summed E-state index contributed by atoms with van der Waals surface area (Å²) in [6, 6.07) is 15.9. The minimum absolute atomic E-state index is 0.0301. The first-order valence-corrected chi connectivity index (χ1v) is 11.8. The molecule has 4 nitrogen and oxygen atoms in total. The Bertz CT molecular complexity index is 1040. The van der Waals surface area contributed by atoms with E-state index >= 15 is 0 Å². The molecular weight excluding hydrogens is 436 g/mol. The van der Waals surface area contributed by atoms with Gasteiger partial charge >= 0.3 is 0 Å². The van der Waals surface area contributed by atoms with Gasteiger partial charge in [0, 0.05) is 40.6 Å². The predicted molar refractivity (Wildman–Crippen MR) is 127 cm³/mol. The van der Waals surface area contributed by atoms with E-state index in [2.05, 4.69) is 105 Å². The molecular formula is C25H29BrN4. The van der Waals surface area contributed by atoms with E-state index in [9.17, 15) is 0 Å². The van der Waals surface area contributed by atoms with Gasteiger partial charge in [-0.2, -0.15) is 0 Å². The summed E-state index contributed by atoms with van der Waals surface area (Å²) < 4.78 is 1.18. The third-order valence-electron chi connectivity index (χ3n) is 8.37. The molecule has 2 aromatic rings. The fourth-order valence-electron chi connectivity index (χ4n) is 7.42. The lowest BCUT2D eigenvalue weighted by atomic mass is 9.55. The van der Waals surface area contributed by atoms with E-state index in [1.54, 1.807) is 0 Å². The lowest BCUT2D eigenvalue weighted by Crippen LogP contribution is -2.61. The van der Waals surface area contributed by atoms with Gasteiger partial charge in [0.25, 0.3) is 0 Å². The summed E-state index contributed by atoms with van der Waals surface area (Å²) in [6.07, 6.45) is 5.06. The van der Waals surface area contributed by atoms with Crippen molar-refractivity contribution in [1.29, 1.82) is 0 Å². The fraction of sp³-hybridized carbons (Fsp3) is 0.440. The molecule has 2 saturated heterocycles. The molecule has 0 radical (unpaired) electrons. The number of para-hydroxylation sites is 2. The largest absolute Gasteiger partial charge is 0.368 e. The Kier molecular flexibility index (Phi) is 4.00. The van der Waals surface area contributed by atoms with Gasteiger partial charge in [0.2, 0.25) is 0 Å². The molecule has 156 valence electrons. The zero-order valence-electron chi connectivity index (χ0n) is 17.7. The summed E-state index contributed by atoms with van der Waals surface area (Å²) in [7, 11) is 4.59. The van der Waals surface area contributed by atoms with Crippen LogP contribution in [0.4, 0.5) is 11.4 Å². The average Bonchev–Trinajstić information content (AvgIpc) is 3.44. The van der Waals surface area contributed by atoms with E-state index < -0.39 is 0 Å². The number of hydrogen-bond donors (Lipinski definition) is 1. The van der Waals surface area contributed by atoms with Gasteiger partial charge in [0.1, 0.15) is 0 Å². The molecule has 4 unspecified atom stereocenters. The van der Waals surface area contributed by atoms with Crippen LogP contribution in [0.15, 0.2) is 59.6 Å². The van der Waals surface area contributed by atoms with E-state index in [1.807, 2.05) is 0 Å². The van der Waals surface area contributed by atoms with Crippen molar-refractivity contribution in [1.82, 2.24) is 9.80 Å². The standard InChI is InChI=1S/C25H29BrN4/c1-4-14-30-20-11-6-5-8-17(20)25(13-16-29(3)23(25)30)24-12-15-28(2)22(24)27-21-18(24)9-7-10-19(21)26/h4-11,22-23,27H,1,12-16H2,2-3H3. The van der Waals surface area contributed by atoms with Crippen LogP contribution in [0, 0.1) is 0 Å². The number of halogens is 1. The highest BCUT2D eigenvalue weighted by Gasteiger charge is 2.72. The van der Waals surface area contributed by atoms with E-state index in [0.29, 0.717) is 12.3 Å². The smallest absolute Gasteiger partial charge is 0.0931 e. The summed E-state index contributed by atoms with van der Waals surface area (Å²) in [4.78, 5) is 7.73. The fourth-order valence-corrected chi connectivity index (χ4v) is 7.90. The zero-order valence-corrected chi connectivity index (χ0v) is 19.3. The molecule has 6 rings (SSSR count). The van der Waals surface area contributed by atoms with Crippen molar-refractivity contribution >= 4 is 27.3 Å². The van der Waals surface area contributed by atoms with Gasteiger partial charge in [0.05, 0.1) is 18.0 Å². The number of benzene rings is 2. The molecule has 0 bridgehead atoms. The molecule has 1 N–H and O–H groups in total. The Hall–Kier alpha value is -1.82. The van der Waals surface area contributed by atoms with Crippen LogP contribution in [-0.4, -0.2) is 55.9 Å². The molecule has 2 fully saturated rings. The van der Waals surface area contributed by atoms with E-state index in [-0.39, 0.29) is 10.8 Å². The lowest BCUT2D eigenvalue weighted by Gasteiger charge is -2.49. The molecule has 5 heteroatoms. The molecule has 0 aliphatic carbocycles. The van der Waals surface area contributed by atoms with Crippen LogP contribution in [0.1, 0.15) is 24.0 Å². The van der Waals surface area contributed by atoms with Crippen LogP contribution < -0.4 is 10.2 Å². The molecule has 2 aromatic carbocycles. The van der Waals surface area contributed by atoms with Crippen LogP contribution in [0.25, 0.3) is 0 Å². The maximum Gasteiger partial charge on any atom is 0.0931 e. The van der Waals surface area contributed by atoms with Gasteiger partial charge in [-0.25, -0.2) is 0 Å². The number of nitrogens with zero attached hydrogens (tertiary/aromatic N) is 3. The number of nitrogens with one attached hydrogen (secondary N) is 1. The second kappa shape index (κ2) is 6.35. The highest BCUT2D eigenvalue weighted by atomic mass is 79.9. The Morgan fingerprint density at radius 1 is 1.03 bits per heavy atom. The molecule has 0 saturated carbocycles. The number of likely N-dealkylation sites (tertiary alicyclic amines) is 2. The molecule has 4 aliphatic heterocycles. The minimum Gasteiger partial charge on any atom is -0.368 e. The zero-order chi connectivity index (χ0) is 20.7. The second-order valence-electron chi connectivity index (χ2n) is 9.45. The average molecular weight is 465 g/mol. The quantitative estimate of drug-likeness (QED) is 0.680. The number of rotatable bonds is 3. The van der Waals surface area contributed by atoms with E-state index in [1.165, 1.54) is 39.8 Å². The van der Waals surface area contributed by atoms with Gasteiger partial charge in [-0.15, -0.1) is 6.58 Å². The Morgan fingerprint density at radius 2 is 1.77 bits per heavy atom. The SMILES string of the molecule is C=CCN1c2ccccc2C2(C34CCN(C)C3Nc3c(Br)cccc34)CCN(C)C12. The Morgan fingerprint density at radius 3 is 2.60 bits per heavy atom. The molecule has 30 heavy (non-hydrogen) atoms. The van der Waals surface area contributed by atoms with Crippen LogP contribution in [0.5, 0.6) is 0 Å². The van der Waals surface area contributed by atoms with Crippen LogP contribution in [0.2, 0.25) is 0 Å². The summed E-state index contributed by atoms with van der Waals surface area (Å²) >= 11 is 3.84. The van der Waals surface area contributed by atoms with Gasteiger partial charge in [-0.1, -0.05) is 36.4 Å². The topological polar surface area (TPSA) is 21.8 Å². The molecule has 4 aliphatic rings. The van der Waals surface area contributed by atoms with Gasteiger partial charge in [-0.3, -0.25) is 9.80 Å². The van der Waals surface area contributed by atoms with Crippen LogP contribution >= 0.6 is 15.9 Å². The van der Waals surface area contributed by atoms with Crippen molar-refractivity contribution in [2.24, 2.45) is 0 Å². The van der Waals surface area contributed by atoms with Crippen molar-refractivity contribution in [3.05, 3.63) is 70.7 Å². The van der Waals surface area contributed by atoms with Crippen molar-refractivity contribution in [2.75, 3.05) is 43.9 Å². The minimum atomic E-state index is 0.0301. The van der Waals surface area contributed by atoms with E-state index in [4.69, 9.17) is 0 Å². The number of hydrogen-bond acceptors (Lipinski definition) is 4. The first kappa shape index (κ1) is 18.9.